The summed E-state index contributed by atoms with van der Waals surface area (Å²) in [5.74, 6) is -0.393. The van der Waals surface area contributed by atoms with Gasteiger partial charge in [-0.1, -0.05) is 47.5 Å². The Kier molecular flexibility index (Phi) is 5.76. The molecule has 0 aliphatic rings. The second-order valence-electron chi connectivity index (χ2n) is 4.18. The number of anilines is 1. The molecule has 2 aromatic rings. The Morgan fingerprint density at radius 1 is 1.45 bits per heavy atom. The highest BCUT2D eigenvalue weighted by atomic mass is 35.5. The molecule has 1 aromatic heterocycles. The minimum atomic E-state index is -0.393. The lowest BCUT2D eigenvalue weighted by atomic mass is 10.2. The largest absolute Gasteiger partial charge is 0.465 e. The molecule has 5 nitrogen and oxygen atoms in total. The molecular weight excluding hydrogens is 345 g/mol. The Morgan fingerprint density at radius 2 is 2.23 bits per heavy atom. The zero-order chi connectivity index (χ0) is 16.1. The van der Waals surface area contributed by atoms with Gasteiger partial charge < -0.3 is 4.74 Å². The molecule has 1 N–H and O–H groups in total. The van der Waals surface area contributed by atoms with Gasteiger partial charge in [-0.3, -0.25) is 5.43 Å². The number of ether oxygens (including phenoxy) is 1. The molecule has 1 heterocycles. The number of nitrogens with zero attached hydrogens (tertiary/aromatic N) is 2. The van der Waals surface area contributed by atoms with Crippen LogP contribution < -0.4 is 5.43 Å². The number of nitrogens with one attached hydrogen (secondary N) is 1. The number of rotatable bonds is 5. The molecule has 0 fully saturated rings. The van der Waals surface area contributed by atoms with Crippen LogP contribution in [0, 0.1) is 0 Å². The number of benzene rings is 1. The number of aromatic nitrogens is 1. The Labute approximate surface area is 141 Å². The molecule has 0 atom stereocenters. The van der Waals surface area contributed by atoms with Gasteiger partial charge in [-0.05, 0) is 24.1 Å². The molecule has 0 saturated carbocycles. The number of hydrazone groups is 1. The highest BCUT2D eigenvalue weighted by molar-refractivity contribution is 7.17. The van der Waals surface area contributed by atoms with Gasteiger partial charge in [0.25, 0.3) is 0 Å². The van der Waals surface area contributed by atoms with Crippen LogP contribution in [0.15, 0.2) is 23.3 Å². The van der Waals surface area contributed by atoms with Gasteiger partial charge in [-0.15, -0.1) is 0 Å². The van der Waals surface area contributed by atoms with Crippen molar-refractivity contribution in [3.05, 3.63) is 44.4 Å². The average Bonchev–Trinajstić information content (AvgIpc) is 2.93. The number of carbonyl (C=O) groups excluding carboxylic acids is 1. The van der Waals surface area contributed by atoms with Crippen LogP contribution in [0.5, 0.6) is 0 Å². The van der Waals surface area contributed by atoms with Gasteiger partial charge in [0, 0.05) is 0 Å². The third-order valence-electron chi connectivity index (χ3n) is 2.72. The number of halogens is 2. The van der Waals surface area contributed by atoms with Gasteiger partial charge in [0.1, 0.15) is 4.88 Å². The van der Waals surface area contributed by atoms with Crippen molar-refractivity contribution in [1.82, 2.24) is 4.98 Å². The second kappa shape index (κ2) is 7.58. The quantitative estimate of drug-likeness (QED) is 0.493. The van der Waals surface area contributed by atoms with Crippen molar-refractivity contribution in [2.75, 3.05) is 12.5 Å². The van der Waals surface area contributed by atoms with E-state index < -0.39 is 5.97 Å². The Bertz CT molecular complexity index is 716. The van der Waals surface area contributed by atoms with Crippen LogP contribution in [0.25, 0.3) is 0 Å². The Hall–Kier alpha value is -1.63. The van der Waals surface area contributed by atoms with Crippen molar-refractivity contribution in [3.8, 4) is 0 Å². The van der Waals surface area contributed by atoms with E-state index in [1.807, 2.05) is 6.92 Å². The van der Waals surface area contributed by atoms with Crippen molar-refractivity contribution in [2.45, 2.75) is 13.3 Å². The van der Waals surface area contributed by atoms with Crippen molar-refractivity contribution in [2.24, 2.45) is 5.10 Å². The lowest BCUT2D eigenvalue weighted by molar-refractivity contribution is 0.0605. The molecule has 2 rings (SSSR count). The SMILES string of the molecule is CCc1nc(N/N=C\c2ccc(Cl)c(Cl)c2)sc1C(=O)OC. The standard InChI is InChI=1S/C14H13Cl2N3O2S/c1-3-11-12(13(20)21-2)22-14(18-11)19-17-7-8-4-5-9(15)10(16)6-8/h4-7H,3H2,1-2H3,(H,18,19)/b17-7-. The first kappa shape index (κ1) is 16.7. The summed E-state index contributed by atoms with van der Waals surface area (Å²) in [5.41, 5.74) is 4.27. The highest BCUT2D eigenvalue weighted by Crippen LogP contribution is 2.24. The van der Waals surface area contributed by atoms with E-state index in [1.165, 1.54) is 18.4 Å². The van der Waals surface area contributed by atoms with Crippen LogP contribution in [-0.2, 0) is 11.2 Å². The maximum absolute atomic E-state index is 11.6. The van der Waals surface area contributed by atoms with Gasteiger partial charge in [-0.2, -0.15) is 5.10 Å². The van der Waals surface area contributed by atoms with Crippen molar-refractivity contribution in [3.63, 3.8) is 0 Å². The van der Waals surface area contributed by atoms with Crippen molar-refractivity contribution >= 4 is 51.9 Å². The first-order chi connectivity index (χ1) is 10.5. The minimum Gasteiger partial charge on any atom is -0.465 e. The zero-order valence-electron chi connectivity index (χ0n) is 11.9. The third kappa shape index (κ3) is 3.97. The van der Waals surface area contributed by atoms with Crippen molar-refractivity contribution in [1.29, 1.82) is 0 Å². The predicted molar refractivity (Wildman–Crippen MR) is 90.5 cm³/mol. The molecule has 116 valence electrons. The van der Waals surface area contributed by atoms with Gasteiger partial charge in [0.15, 0.2) is 0 Å². The Balaban J connectivity index is 2.10. The van der Waals surface area contributed by atoms with Crippen LogP contribution in [0.3, 0.4) is 0 Å². The topological polar surface area (TPSA) is 63.6 Å². The summed E-state index contributed by atoms with van der Waals surface area (Å²) in [6.07, 6.45) is 2.23. The molecule has 0 spiro atoms. The fourth-order valence-corrected chi connectivity index (χ4v) is 2.87. The highest BCUT2D eigenvalue weighted by Gasteiger charge is 2.17. The lowest BCUT2D eigenvalue weighted by Gasteiger charge is -1.97. The number of hydrogen-bond acceptors (Lipinski definition) is 6. The molecule has 0 amide bonds. The molecule has 0 unspecified atom stereocenters. The monoisotopic (exact) mass is 357 g/mol. The molecule has 22 heavy (non-hydrogen) atoms. The van der Waals surface area contributed by atoms with Gasteiger partial charge in [0.05, 0.1) is 29.1 Å². The molecule has 0 saturated heterocycles. The molecule has 8 heteroatoms. The second-order valence-corrected chi connectivity index (χ2v) is 6.00. The van der Waals surface area contributed by atoms with E-state index in [0.29, 0.717) is 32.2 Å². The number of carbonyl (C=O) groups is 1. The first-order valence-electron chi connectivity index (χ1n) is 6.37. The van der Waals surface area contributed by atoms with E-state index >= 15 is 0 Å². The van der Waals surface area contributed by atoms with Crippen LogP contribution in [0.4, 0.5) is 5.13 Å². The molecule has 0 aliphatic carbocycles. The number of thiazole rings is 1. The maximum Gasteiger partial charge on any atom is 0.350 e. The van der Waals surface area contributed by atoms with E-state index in [4.69, 9.17) is 27.9 Å². The molecule has 0 radical (unpaired) electrons. The summed E-state index contributed by atoms with van der Waals surface area (Å²) in [7, 11) is 1.34. The summed E-state index contributed by atoms with van der Waals surface area (Å²) in [6.45, 7) is 1.92. The molecule has 0 aliphatic heterocycles. The van der Waals surface area contributed by atoms with Crippen LogP contribution in [0.1, 0.15) is 27.9 Å². The van der Waals surface area contributed by atoms with E-state index in [9.17, 15) is 4.79 Å². The lowest BCUT2D eigenvalue weighted by Crippen LogP contribution is -2.01. The van der Waals surface area contributed by atoms with Gasteiger partial charge in [-0.25, -0.2) is 9.78 Å². The molecular formula is C14H13Cl2N3O2S. The van der Waals surface area contributed by atoms with E-state index in [-0.39, 0.29) is 0 Å². The van der Waals surface area contributed by atoms with E-state index in [1.54, 1.807) is 24.4 Å². The fourth-order valence-electron chi connectivity index (χ4n) is 1.65. The maximum atomic E-state index is 11.6. The smallest absolute Gasteiger partial charge is 0.350 e. The average molecular weight is 358 g/mol. The van der Waals surface area contributed by atoms with Crippen molar-refractivity contribution < 1.29 is 9.53 Å². The normalized spacial score (nSPS) is 10.9. The van der Waals surface area contributed by atoms with Crippen LogP contribution >= 0.6 is 34.5 Å². The first-order valence-corrected chi connectivity index (χ1v) is 7.94. The summed E-state index contributed by atoms with van der Waals surface area (Å²) < 4.78 is 4.73. The Morgan fingerprint density at radius 3 is 2.86 bits per heavy atom. The number of aryl methyl sites for hydroxylation is 1. The zero-order valence-corrected chi connectivity index (χ0v) is 14.2. The van der Waals surface area contributed by atoms with E-state index in [0.717, 1.165) is 5.56 Å². The van der Waals surface area contributed by atoms with E-state index in [2.05, 4.69) is 15.5 Å². The predicted octanol–water partition coefficient (Wildman–Crippen LogP) is 4.24. The summed E-state index contributed by atoms with van der Waals surface area (Å²) in [4.78, 5) is 16.4. The van der Waals surface area contributed by atoms with Crippen LogP contribution in [-0.4, -0.2) is 24.3 Å². The number of esters is 1. The molecule has 0 bridgehead atoms. The summed E-state index contributed by atoms with van der Waals surface area (Å²) >= 11 is 13.0. The third-order valence-corrected chi connectivity index (χ3v) is 4.44. The summed E-state index contributed by atoms with van der Waals surface area (Å²) in [5, 5.41) is 5.54. The molecule has 1 aromatic carbocycles. The number of hydrogen-bond donors (Lipinski definition) is 1. The van der Waals surface area contributed by atoms with Gasteiger partial charge in [0.2, 0.25) is 5.13 Å². The number of methoxy groups -OCH3 is 1. The summed E-state index contributed by atoms with van der Waals surface area (Å²) in [6, 6.07) is 5.19. The fraction of sp³-hybridized carbons (Fsp3) is 0.214. The van der Waals surface area contributed by atoms with Crippen LogP contribution in [0.2, 0.25) is 10.0 Å². The minimum absolute atomic E-state index is 0.393. The van der Waals surface area contributed by atoms with Gasteiger partial charge >= 0.3 is 5.97 Å².